The summed E-state index contributed by atoms with van der Waals surface area (Å²) in [4.78, 5) is 17.5. The molecule has 28 heavy (non-hydrogen) atoms. The molecule has 1 aliphatic carbocycles. The smallest absolute Gasteiger partial charge is 0.330 e. The molecule has 3 rings (SSSR count). The van der Waals surface area contributed by atoms with Gasteiger partial charge >= 0.3 is 5.97 Å². The number of carbonyl (C=O) groups is 1. The van der Waals surface area contributed by atoms with Crippen LogP contribution in [0.5, 0.6) is 0 Å². The summed E-state index contributed by atoms with van der Waals surface area (Å²) in [5, 5.41) is 0.847. The third-order valence-electron chi connectivity index (χ3n) is 4.79. The van der Waals surface area contributed by atoms with Crippen molar-refractivity contribution in [1.82, 2.24) is 0 Å². The Bertz CT molecular complexity index is 830. The maximum atomic E-state index is 12.6. The van der Waals surface area contributed by atoms with Crippen LogP contribution in [0.1, 0.15) is 24.0 Å². The van der Waals surface area contributed by atoms with Gasteiger partial charge in [0.15, 0.2) is 0 Å². The van der Waals surface area contributed by atoms with E-state index < -0.39 is 6.04 Å². The van der Waals surface area contributed by atoms with Crippen LogP contribution in [0.25, 0.3) is 0 Å². The van der Waals surface area contributed by atoms with Gasteiger partial charge in [0, 0.05) is 16.5 Å². The zero-order valence-corrected chi connectivity index (χ0v) is 17.5. The molecule has 1 aliphatic rings. The van der Waals surface area contributed by atoms with E-state index in [0.717, 1.165) is 28.6 Å². The molecule has 3 nitrogen and oxygen atoms in total. The van der Waals surface area contributed by atoms with Crippen LogP contribution in [-0.4, -0.2) is 30.2 Å². The van der Waals surface area contributed by atoms with Crippen LogP contribution in [0.15, 0.2) is 89.5 Å². The molecule has 0 spiro atoms. The molecule has 0 unspecified atom stereocenters. The standard InChI is InChI=1S/C24H24BrNO2/c1-28-24(27)22(16-18-9-8-10-19(15-18)17-25)26-23(20-11-4-2-5-12-20)21-13-6-3-7-14-21/h2-14,18,22H,15-17H2,1H3/t18-,22+/m1/s1. The lowest BCUT2D eigenvalue weighted by atomic mass is 9.89. The van der Waals surface area contributed by atoms with E-state index in [9.17, 15) is 4.79 Å². The first kappa shape index (κ1) is 20.3. The van der Waals surface area contributed by atoms with Gasteiger partial charge < -0.3 is 4.74 Å². The summed E-state index contributed by atoms with van der Waals surface area (Å²) in [7, 11) is 1.43. The molecule has 0 heterocycles. The quantitative estimate of drug-likeness (QED) is 0.332. The third kappa shape index (κ3) is 5.29. The van der Waals surface area contributed by atoms with Gasteiger partial charge in [-0.05, 0) is 18.8 Å². The van der Waals surface area contributed by atoms with Crippen LogP contribution < -0.4 is 0 Å². The molecular weight excluding hydrogens is 414 g/mol. The Hall–Kier alpha value is -2.46. The second-order valence-corrected chi connectivity index (χ2v) is 7.35. The molecule has 144 valence electrons. The lowest BCUT2D eigenvalue weighted by molar-refractivity contribution is -0.142. The number of alkyl halides is 1. The molecule has 2 aromatic carbocycles. The molecule has 0 radical (unpaired) electrons. The van der Waals surface area contributed by atoms with E-state index >= 15 is 0 Å². The molecule has 2 atom stereocenters. The zero-order chi connectivity index (χ0) is 19.8. The summed E-state index contributed by atoms with van der Waals surface area (Å²) in [6, 6.07) is 19.4. The minimum atomic E-state index is -0.551. The van der Waals surface area contributed by atoms with Gasteiger partial charge in [0.1, 0.15) is 6.04 Å². The van der Waals surface area contributed by atoms with Gasteiger partial charge in [-0.3, -0.25) is 4.99 Å². The van der Waals surface area contributed by atoms with Crippen molar-refractivity contribution in [2.24, 2.45) is 10.9 Å². The highest BCUT2D eigenvalue weighted by Gasteiger charge is 2.25. The summed E-state index contributed by atoms with van der Waals surface area (Å²) in [6.45, 7) is 0. The van der Waals surface area contributed by atoms with Crippen LogP contribution in [0.2, 0.25) is 0 Å². The number of ether oxygens (including phenoxy) is 1. The first-order valence-corrected chi connectivity index (χ1v) is 10.5. The summed E-state index contributed by atoms with van der Waals surface area (Å²) in [5.74, 6) is -0.0362. The Morgan fingerprint density at radius 3 is 2.25 bits per heavy atom. The van der Waals surface area contributed by atoms with Gasteiger partial charge in [0.25, 0.3) is 0 Å². The van der Waals surface area contributed by atoms with E-state index in [2.05, 4.69) is 34.2 Å². The summed E-state index contributed by atoms with van der Waals surface area (Å²) < 4.78 is 5.09. The van der Waals surface area contributed by atoms with E-state index in [4.69, 9.17) is 9.73 Å². The van der Waals surface area contributed by atoms with Crippen molar-refractivity contribution in [1.29, 1.82) is 0 Å². The fourth-order valence-corrected chi connectivity index (χ4v) is 3.79. The van der Waals surface area contributed by atoms with Crippen molar-refractivity contribution in [3.63, 3.8) is 0 Å². The number of methoxy groups -OCH3 is 1. The van der Waals surface area contributed by atoms with E-state index in [-0.39, 0.29) is 11.9 Å². The predicted octanol–water partition coefficient (Wildman–Crippen LogP) is 5.35. The maximum Gasteiger partial charge on any atom is 0.330 e. The van der Waals surface area contributed by atoms with Crippen LogP contribution in [0.3, 0.4) is 0 Å². The molecule has 4 heteroatoms. The molecule has 0 fully saturated rings. The average molecular weight is 438 g/mol. The topological polar surface area (TPSA) is 38.7 Å². The van der Waals surface area contributed by atoms with Crippen LogP contribution in [-0.2, 0) is 9.53 Å². The van der Waals surface area contributed by atoms with Gasteiger partial charge in [0.05, 0.1) is 12.8 Å². The second kappa shape index (κ2) is 10.2. The molecule has 0 saturated carbocycles. The van der Waals surface area contributed by atoms with Crippen molar-refractivity contribution < 1.29 is 9.53 Å². The fraction of sp³-hybridized carbons (Fsp3) is 0.250. The second-order valence-electron chi connectivity index (χ2n) is 6.79. The summed E-state index contributed by atoms with van der Waals surface area (Å²) in [5.41, 5.74) is 4.12. The largest absolute Gasteiger partial charge is 0.467 e. The molecule has 0 bridgehead atoms. The summed E-state index contributed by atoms with van der Waals surface area (Å²) >= 11 is 3.53. The van der Waals surface area contributed by atoms with Gasteiger partial charge in [-0.1, -0.05) is 100 Å². The highest BCUT2D eigenvalue weighted by molar-refractivity contribution is 9.09. The number of esters is 1. The maximum absolute atomic E-state index is 12.6. The number of rotatable bonds is 7. The molecule has 0 saturated heterocycles. The Kier molecular flexibility index (Phi) is 7.38. The number of nitrogens with zero attached hydrogens (tertiary/aromatic N) is 1. The Labute approximate surface area is 175 Å². The van der Waals surface area contributed by atoms with Crippen molar-refractivity contribution >= 4 is 27.6 Å². The minimum Gasteiger partial charge on any atom is -0.467 e. The van der Waals surface area contributed by atoms with Gasteiger partial charge in [0.2, 0.25) is 0 Å². The highest BCUT2D eigenvalue weighted by atomic mass is 79.9. The van der Waals surface area contributed by atoms with Crippen molar-refractivity contribution in [2.45, 2.75) is 18.9 Å². The Balaban J connectivity index is 1.95. The van der Waals surface area contributed by atoms with Crippen LogP contribution >= 0.6 is 15.9 Å². The number of hydrogen-bond acceptors (Lipinski definition) is 3. The number of hydrogen-bond donors (Lipinski definition) is 0. The lowest BCUT2D eigenvalue weighted by Crippen LogP contribution is -2.26. The Morgan fingerprint density at radius 1 is 1.11 bits per heavy atom. The highest BCUT2D eigenvalue weighted by Crippen LogP contribution is 2.26. The Morgan fingerprint density at radius 2 is 1.71 bits per heavy atom. The average Bonchev–Trinajstić information content (AvgIpc) is 2.77. The van der Waals surface area contributed by atoms with Crippen LogP contribution in [0.4, 0.5) is 0 Å². The SMILES string of the molecule is COC(=O)[C@H](C[C@@H]1C=CC=C(CBr)C1)N=C(c1ccccc1)c1ccccc1. The number of halogens is 1. The van der Waals surface area contributed by atoms with Gasteiger partial charge in [-0.2, -0.15) is 0 Å². The monoisotopic (exact) mass is 437 g/mol. The van der Waals surface area contributed by atoms with Gasteiger partial charge in [-0.25, -0.2) is 4.79 Å². The number of carbonyl (C=O) groups excluding carboxylic acids is 1. The zero-order valence-electron chi connectivity index (χ0n) is 15.9. The first-order valence-electron chi connectivity index (χ1n) is 9.40. The number of aliphatic imine (C=N–C) groups is 1. The molecule has 2 aromatic rings. The summed E-state index contributed by atoms with van der Waals surface area (Å²) in [6.07, 6.45) is 7.90. The van der Waals surface area contributed by atoms with Gasteiger partial charge in [-0.15, -0.1) is 0 Å². The number of allylic oxidation sites excluding steroid dienone is 4. The van der Waals surface area contributed by atoms with E-state index in [1.54, 1.807) is 0 Å². The molecule has 0 aliphatic heterocycles. The predicted molar refractivity (Wildman–Crippen MR) is 118 cm³/mol. The molecular formula is C24H24BrNO2. The van der Waals surface area contributed by atoms with E-state index in [1.165, 1.54) is 12.7 Å². The van der Waals surface area contributed by atoms with Crippen LogP contribution in [0, 0.1) is 5.92 Å². The number of benzene rings is 2. The minimum absolute atomic E-state index is 0.262. The van der Waals surface area contributed by atoms with Crippen molar-refractivity contribution in [3.8, 4) is 0 Å². The van der Waals surface area contributed by atoms with Crippen molar-refractivity contribution in [3.05, 3.63) is 95.6 Å². The first-order chi connectivity index (χ1) is 13.7. The molecule has 0 amide bonds. The van der Waals surface area contributed by atoms with E-state index in [0.29, 0.717) is 6.42 Å². The molecule has 0 aromatic heterocycles. The lowest BCUT2D eigenvalue weighted by Gasteiger charge is -2.21. The van der Waals surface area contributed by atoms with E-state index in [1.807, 2.05) is 60.7 Å². The molecule has 0 N–H and O–H groups in total. The fourth-order valence-electron chi connectivity index (χ4n) is 3.37. The van der Waals surface area contributed by atoms with Crippen molar-refractivity contribution in [2.75, 3.05) is 12.4 Å². The normalized spacial score (nSPS) is 16.8. The third-order valence-corrected chi connectivity index (χ3v) is 5.51.